The third-order valence-electron chi connectivity index (χ3n) is 1.05. The molecule has 0 aromatic heterocycles. The molecule has 58 valence electrons. The molecule has 0 spiro atoms. The number of allylic oxidation sites excluding steroid dienone is 1. The van der Waals surface area contributed by atoms with Gasteiger partial charge in [0.05, 0.1) is 6.61 Å². The Balaban J connectivity index is 2.90. The molecule has 0 saturated heterocycles. The van der Waals surface area contributed by atoms with Crippen LogP contribution in [0.2, 0.25) is 0 Å². The van der Waals surface area contributed by atoms with E-state index in [-0.39, 0.29) is 0 Å². The lowest BCUT2D eigenvalue weighted by molar-refractivity contribution is 0.154. The normalized spacial score (nSPS) is 8.80. The zero-order chi connectivity index (χ0) is 7.82. The summed E-state index contributed by atoms with van der Waals surface area (Å²) in [6.07, 6.45) is 3.96. The van der Waals surface area contributed by atoms with Gasteiger partial charge in [0.2, 0.25) is 0 Å². The molecule has 0 aromatic rings. The number of hydrogen-bond acceptors (Lipinski definition) is 2. The Morgan fingerprint density at radius 3 is 2.80 bits per heavy atom. The first-order valence-electron chi connectivity index (χ1n) is 3.30. The Labute approximate surface area is 60.9 Å². The number of carbonyl (C=O) groups excluding carboxylic acids is 1. The molecule has 0 aliphatic heterocycles. The van der Waals surface area contributed by atoms with Crippen molar-refractivity contribution in [2.24, 2.45) is 5.73 Å². The predicted molar refractivity (Wildman–Crippen MR) is 39.6 cm³/mol. The molecule has 0 fully saturated rings. The van der Waals surface area contributed by atoms with Gasteiger partial charge in [-0.15, -0.1) is 6.58 Å². The van der Waals surface area contributed by atoms with E-state index in [2.05, 4.69) is 11.3 Å². The molecule has 0 aliphatic carbocycles. The van der Waals surface area contributed by atoms with Gasteiger partial charge in [-0.1, -0.05) is 6.08 Å². The minimum absolute atomic E-state index is 0.420. The van der Waals surface area contributed by atoms with Crippen molar-refractivity contribution >= 4 is 6.09 Å². The molecule has 0 unspecified atom stereocenters. The second-order valence-electron chi connectivity index (χ2n) is 1.95. The zero-order valence-electron chi connectivity index (χ0n) is 6.01. The van der Waals surface area contributed by atoms with Crippen LogP contribution in [0.15, 0.2) is 12.7 Å². The Morgan fingerprint density at radius 1 is 1.60 bits per heavy atom. The summed E-state index contributed by atoms with van der Waals surface area (Å²) in [4.78, 5) is 10.0. The number of ether oxygens (including phenoxy) is 1. The number of amides is 1. The van der Waals surface area contributed by atoms with Crippen LogP contribution in [0.1, 0.15) is 19.3 Å². The molecule has 0 heterocycles. The first kappa shape index (κ1) is 9.01. The van der Waals surface area contributed by atoms with E-state index in [9.17, 15) is 4.79 Å². The number of hydrogen-bond donors (Lipinski definition) is 1. The molecule has 0 aliphatic rings. The molecule has 0 bridgehead atoms. The lowest BCUT2D eigenvalue weighted by atomic mass is 10.2. The summed E-state index contributed by atoms with van der Waals surface area (Å²) in [7, 11) is 0. The summed E-state index contributed by atoms with van der Waals surface area (Å²) in [6.45, 7) is 3.98. The Kier molecular flexibility index (Phi) is 5.53. The Bertz CT molecular complexity index is 112. The van der Waals surface area contributed by atoms with E-state index in [0.29, 0.717) is 6.61 Å². The first-order valence-corrected chi connectivity index (χ1v) is 3.30. The number of nitrogens with two attached hydrogens (primary N) is 1. The molecule has 0 atom stereocenters. The maximum absolute atomic E-state index is 10.0. The summed E-state index contributed by atoms with van der Waals surface area (Å²) >= 11 is 0. The van der Waals surface area contributed by atoms with Crippen molar-refractivity contribution in [3.05, 3.63) is 12.7 Å². The van der Waals surface area contributed by atoms with Crippen molar-refractivity contribution in [2.45, 2.75) is 19.3 Å². The van der Waals surface area contributed by atoms with E-state index in [1.807, 2.05) is 6.08 Å². The van der Waals surface area contributed by atoms with E-state index in [4.69, 9.17) is 5.73 Å². The quantitative estimate of drug-likeness (QED) is 0.467. The van der Waals surface area contributed by atoms with Crippen LogP contribution in [0.3, 0.4) is 0 Å². The SMILES string of the molecule is C=CCCCCOC(N)=O. The summed E-state index contributed by atoms with van der Waals surface area (Å²) in [6, 6.07) is 0. The van der Waals surface area contributed by atoms with Gasteiger partial charge in [0.1, 0.15) is 0 Å². The first-order chi connectivity index (χ1) is 4.77. The molecule has 3 nitrogen and oxygen atoms in total. The summed E-state index contributed by atoms with van der Waals surface area (Å²) in [5.41, 5.74) is 4.73. The summed E-state index contributed by atoms with van der Waals surface area (Å²) in [5.74, 6) is 0. The smallest absolute Gasteiger partial charge is 0.404 e. The van der Waals surface area contributed by atoms with Crippen LogP contribution in [0.25, 0.3) is 0 Å². The van der Waals surface area contributed by atoms with Gasteiger partial charge in [0, 0.05) is 0 Å². The van der Waals surface area contributed by atoms with E-state index < -0.39 is 6.09 Å². The standard InChI is InChI=1S/C7H13NO2/c1-2-3-4-5-6-10-7(8)9/h2H,1,3-6H2,(H2,8,9). The Hall–Kier alpha value is -0.990. The van der Waals surface area contributed by atoms with Gasteiger partial charge in [0.25, 0.3) is 0 Å². The molecule has 1 amide bonds. The zero-order valence-corrected chi connectivity index (χ0v) is 6.01. The van der Waals surface area contributed by atoms with Crippen molar-refractivity contribution < 1.29 is 9.53 Å². The molecule has 0 aromatic carbocycles. The molecule has 3 heteroatoms. The number of carbonyl (C=O) groups is 1. The highest BCUT2D eigenvalue weighted by Crippen LogP contribution is 1.95. The Morgan fingerprint density at radius 2 is 2.30 bits per heavy atom. The molecular weight excluding hydrogens is 130 g/mol. The fourth-order valence-electron chi connectivity index (χ4n) is 0.563. The van der Waals surface area contributed by atoms with Crippen molar-refractivity contribution in [3.8, 4) is 0 Å². The van der Waals surface area contributed by atoms with Gasteiger partial charge >= 0.3 is 6.09 Å². The predicted octanol–water partition coefficient (Wildman–Crippen LogP) is 1.44. The molecular formula is C7H13NO2. The van der Waals surface area contributed by atoms with Crippen molar-refractivity contribution in [2.75, 3.05) is 6.61 Å². The molecule has 0 radical (unpaired) electrons. The monoisotopic (exact) mass is 143 g/mol. The van der Waals surface area contributed by atoms with Crippen molar-refractivity contribution in [1.82, 2.24) is 0 Å². The number of primary amides is 1. The third-order valence-corrected chi connectivity index (χ3v) is 1.05. The third kappa shape index (κ3) is 7.01. The van der Waals surface area contributed by atoms with Crippen LogP contribution in [-0.4, -0.2) is 12.7 Å². The maximum Gasteiger partial charge on any atom is 0.404 e. The fraction of sp³-hybridized carbons (Fsp3) is 0.571. The summed E-state index contributed by atoms with van der Waals surface area (Å²) < 4.78 is 4.49. The van der Waals surface area contributed by atoms with Gasteiger partial charge < -0.3 is 10.5 Å². The highest BCUT2D eigenvalue weighted by Gasteiger charge is 1.91. The minimum Gasteiger partial charge on any atom is -0.450 e. The second-order valence-corrected chi connectivity index (χ2v) is 1.95. The number of unbranched alkanes of at least 4 members (excludes halogenated alkanes) is 2. The summed E-state index contributed by atoms with van der Waals surface area (Å²) in [5, 5.41) is 0. The van der Waals surface area contributed by atoms with E-state index in [0.717, 1.165) is 19.3 Å². The molecule has 0 rings (SSSR count). The average Bonchev–Trinajstić information content (AvgIpc) is 1.87. The van der Waals surface area contributed by atoms with E-state index in [1.54, 1.807) is 0 Å². The van der Waals surface area contributed by atoms with Crippen molar-refractivity contribution in [1.29, 1.82) is 0 Å². The fourth-order valence-corrected chi connectivity index (χ4v) is 0.563. The van der Waals surface area contributed by atoms with Crippen LogP contribution < -0.4 is 5.73 Å². The van der Waals surface area contributed by atoms with Gasteiger partial charge in [0.15, 0.2) is 0 Å². The molecule has 0 saturated carbocycles. The van der Waals surface area contributed by atoms with Gasteiger partial charge in [-0.25, -0.2) is 4.79 Å². The lowest BCUT2D eigenvalue weighted by Crippen LogP contribution is -2.13. The van der Waals surface area contributed by atoms with Crippen molar-refractivity contribution in [3.63, 3.8) is 0 Å². The largest absolute Gasteiger partial charge is 0.450 e. The molecule has 2 N–H and O–H groups in total. The minimum atomic E-state index is -0.696. The highest BCUT2D eigenvalue weighted by atomic mass is 16.5. The van der Waals surface area contributed by atoms with Crippen LogP contribution >= 0.6 is 0 Å². The molecule has 10 heavy (non-hydrogen) atoms. The van der Waals surface area contributed by atoms with Gasteiger partial charge in [-0.3, -0.25) is 0 Å². The topological polar surface area (TPSA) is 52.3 Å². The van der Waals surface area contributed by atoms with Crippen LogP contribution in [0, 0.1) is 0 Å². The van der Waals surface area contributed by atoms with Gasteiger partial charge in [-0.2, -0.15) is 0 Å². The highest BCUT2D eigenvalue weighted by molar-refractivity contribution is 5.64. The number of rotatable bonds is 5. The van der Waals surface area contributed by atoms with E-state index >= 15 is 0 Å². The van der Waals surface area contributed by atoms with Crippen LogP contribution in [0.4, 0.5) is 4.79 Å². The van der Waals surface area contributed by atoms with Gasteiger partial charge in [-0.05, 0) is 19.3 Å². The second kappa shape index (κ2) is 6.13. The van der Waals surface area contributed by atoms with E-state index in [1.165, 1.54) is 0 Å². The average molecular weight is 143 g/mol. The van der Waals surface area contributed by atoms with Crippen LogP contribution in [-0.2, 0) is 4.74 Å². The maximum atomic E-state index is 10.0. The lowest BCUT2D eigenvalue weighted by Gasteiger charge is -1.98. The van der Waals surface area contributed by atoms with Crippen LogP contribution in [0.5, 0.6) is 0 Å².